The minimum Gasteiger partial charge on any atom is -0.449 e. The molecule has 0 aromatic rings. The van der Waals surface area contributed by atoms with Gasteiger partial charge in [-0.3, -0.25) is 9.69 Å². The molecule has 0 radical (unpaired) electrons. The molecule has 0 aromatic heterocycles. The largest absolute Gasteiger partial charge is 0.449 e. The summed E-state index contributed by atoms with van der Waals surface area (Å²) in [6.45, 7) is 5.11. The third kappa shape index (κ3) is 3.32. The summed E-state index contributed by atoms with van der Waals surface area (Å²) >= 11 is 0. The van der Waals surface area contributed by atoms with Crippen molar-refractivity contribution in [1.29, 1.82) is 5.26 Å². The number of carbonyl (C=O) groups is 2. The van der Waals surface area contributed by atoms with E-state index in [2.05, 4.69) is 6.58 Å². The van der Waals surface area contributed by atoms with Crippen LogP contribution in [0.15, 0.2) is 36.7 Å². The van der Waals surface area contributed by atoms with E-state index in [9.17, 15) is 9.59 Å². The van der Waals surface area contributed by atoms with Crippen molar-refractivity contribution in [1.82, 2.24) is 4.90 Å². The van der Waals surface area contributed by atoms with Crippen LogP contribution in [0, 0.1) is 17.2 Å². The smallest absolute Gasteiger partial charge is 0.417 e. The van der Waals surface area contributed by atoms with Gasteiger partial charge in [0.2, 0.25) is 0 Å². The molecule has 0 spiro atoms. The van der Waals surface area contributed by atoms with Gasteiger partial charge in [-0.25, -0.2) is 4.79 Å². The Morgan fingerprint density at radius 1 is 1.67 bits per heavy atom. The SMILES string of the molecule is C=CCCOC(=O)N1C=CC(C#N)C(C(C)=O)=C1. The van der Waals surface area contributed by atoms with Gasteiger partial charge in [-0.2, -0.15) is 5.26 Å². The van der Waals surface area contributed by atoms with E-state index in [0.717, 1.165) is 4.90 Å². The molecule has 1 aliphatic heterocycles. The molecule has 1 heterocycles. The molecule has 5 heteroatoms. The van der Waals surface area contributed by atoms with Gasteiger partial charge >= 0.3 is 6.09 Å². The Bertz CT molecular complexity index is 457. The maximum absolute atomic E-state index is 11.6. The summed E-state index contributed by atoms with van der Waals surface area (Å²) in [7, 11) is 0. The number of carbonyl (C=O) groups excluding carboxylic acids is 2. The van der Waals surface area contributed by atoms with Gasteiger partial charge in [0, 0.05) is 18.0 Å². The molecule has 18 heavy (non-hydrogen) atoms. The predicted molar refractivity (Wildman–Crippen MR) is 65.0 cm³/mol. The molecule has 1 unspecified atom stereocenters. The molecule has 0 fully saturated rings. The fourth-order valence-corrected chi connectivity index (χ4v) is 1.40. The van der Waals surface area contributed by atoms with E-state index in [-0.39, 0.29) is 18.0 Å². The van der Waals surface area contributed by atoms with E-state index in [4.69, 9.17) is 10.00 Å². The normalized spacial score (nSPS) is 17.7. The van der Waals surface area contributed by atoms with Crippen LogP contribution in [0.1, 0.15) is 13.3 Å². The summed E-state index contributed by atoms with van der Waals surface area (Å²) in [4.78, 5) is 24.1. The van der Waals surface area contributed by atoms with Gasteiger partial charge in [-0.05, 0) is 19.4 Å². The lowest BCUT2D eigenvalue weighted by molar-refractivity contribution is -0.113. The Morgan fingerprint density at radius 2 is 2.39 bits per heavy atom. The lowest BCUT2D eigenvalue weighted by atomic mass is 9.96. The van der Waals surface area contributed by atoms with Crippen molar-refractivity contribution in [2.45, 2.75) is 13.3 Å². The molecule has 1 amide bonds. The van der Waals surface area contributed by atoms with Crippen molar-refractivity contribution >= 4 is 11.9 Å². The molecule has 0 saturated heterocycles. The fraction of sp³-hybridized carbons (Fsp3) is 0.308. The first-order valence-corrected chi connectivity index (χ1v) is 5.46. The molecule has 0 saturated carbocycles. The van der Waals surface area contributed by atoms with Crippen LogP contribution in [-0.2, 0) is 9.53 Å². The lowest BCUT2D eigenvalue weighted by Gasteiger charge is -2.20. The maximum Gasteiger partial charge on any atom is 0.417 e. The van der Waals surface area contributed by atoms with Crippen molar-refractivity contribution in [3.8, 4) is 6.07 Å². The average molecular weight is 246 g/mol. The Kier molecular flexibility index (Phi) is 4.88. The summed E-state index contributed by atoms with van der Waals surface area (Å²) in [5, 5.41) is 8.87. The number of hydrogen-bond acceptors (Lipinski definition) is 4. The van der Waals surface area contributed by atoms with Gasteiger partial charge in [0.1, 0.15) is 0 Å². The summed E-state index contributed by atoms with van der Waals surface area (Å²) < 4.78 is 4.94. The molecule has 0 aromatic carbocycles. The molecule has 1 rings (SSSR count). The number of allylic oxidation sites excluding steroid dienone is 2. The molecule has 1 aliphatic rings. The summed E-state index contributed by atoms with van der Waals surface area (Å²) in [6, 6.07) is 1.98. The average Bonchev–Trinajstić information content (AvgIpc) is 2.38. The quantitative estimate of drug-likeness (QED) is 0.563. The number of Topliss-reactive ketones (excluding diaryl/α,β-unsaturated/α-hetero) is 1. The number of rotatable bonds is 4. The van der Waals surface area contributed by atoms with Gasteiger partial charge in [0.05, 0.1) is 18.6 Å². The minimum absolute atomic E-state index is 0.234. The molecule has 5 nitrogen and oxygen atoms in total. The fourth-order valence-electron chi connectivity index (χ4n) is 1.40. The number of ether oxygens (including phenoxy) is 1. The lowest BCUT2D eigenvalue weighted by Crippen LogP contribution is -2.27. The molecular formula is C13H14N2O3. The zero-order chi connectivity index (χ0) is 13.5. The second-order valence-corrected chi connectivity index (χ2v) is 3.69. The molecule has 0 bridgehead atoms. The standard InChI is InChI=1S/C13H14N2O3/c1-3-4-7-18-13(17)15-6-5-11(8-14)12(9-15)10(2)16/h3,5-6,9,11H,1,4,7H2,2H3. The summed E-state index contributed by atoms with van der Waals surface area (Å²) in [5.41, 5.74) is 0.278. The summed E-state index contributed by atoms with van der Waals surface area (Å²) in [6.07, 6.45) is 5.88. The topological polar surface area (TPSA) is 70.4 Å². The van der Waals surface area contributed by atoms with Crippen LogP contribution in [0.4, 0.5) is 4.79 Å². The third-order valence-corrected chi connectivity index (χ3v) is 2.36. The second-order valence-electron chi connectivity index (χ2n) is 3.69. The van der Waals surface area contributed by atoms with E-state index >= 15 is 0 Å². The molecule has 0 aliphatic carbocycles. The molecule has 94 valence electrons. The van der Waals surface area contributed by atoms with Gasteiger partial charge < -0.3 is 4.74 Å². The number of nitriles is 1. The van der Waals surface area contributed by atoms with Gasteiger partial charge in [-0.1, -0.05) is 6.08 Å². The van der Waals surface area contributed by atoms with Crippen LogP contribution in [0.3, 0.4) is 0 Å². The van der Waals surface area contributed by atoms with Crippen molar-refractivity contribution in [2.24, 2.45) is 5.92 Å². The van der Waals surface area contributed by atoms with Crippen LogP contribution in [-0.4, -0.2) is 23.4 Å². The van der Waals surface area contributed by atoms with Gasteiger partial charge in [-0.15, -0.1) is 6.58 Å². The van der Waals surface area contributed by atoms with Gasteiger partial charge in [0.15, 0.2) is 5.78 Å². The first-order valence-electron chi connectivity index (χ1n) is 5.46. The zero-order valence-corrected chi connectivity index (χ0v) is 10.1. The van der Waals surface area contributed by atoms with E-state index in [1.807, 2.05) is 6.07 Å². The zero-order valence-electron chi connectivity index (χ0n) is 10.1. The van der Waals surface area contributed by atoms with Crippen LogP contribution in [0.2, 0.25) is 0 Å². The second kappa shape index (κ2) is 6.40. The van der Waals surface area contributed by atoms with Crippen molar-refractivity contribution in [3.05, 3.63) is 36.7 Å². The highest BCUT2D eigenvalue weighted by atomic mass is 16.6. The third-order valence-electron chi connectivity index (χ3n) is 2.36. The molecule has 0 N–H and O–H groups in total. The highest BCUT2D eigenvalue weighted by Gasteiger charge is 2.23. The van der Waals surface area contributed by atoms with Crippen LogP contribution < -0.4 is 0 Å². The molecular weight excluding hydrogens is 232 g/mol. The number of ketones is 1. The highest BCUT2D eigenvalue weighted by Crippen LogP contribution is 2.20. The van der Waals surface area contributed by atoms with E-state index < -0.39 is 12.0 Å². The number of hydrogen-bond donors (Lipinski definition) is 0. The van der Waals surface area contributed by atoms with E-state index in [0.29, 0.717) is 6.42 Å². The summed E-state index contributed by atoms with van der Waals surface area (Å²) in [5.74, 6) is -0.852. The molecule has 1 atom stereocenters. The first-order chi connectivity index (χ1) is 8.60. The minimum atomic E-state index is -0.611. The maximum atomic E-state index is 11.6. The monoisotopic (exact) mass is 246 g/mol. The van der Waals surface area contributed by atoms with Crippen LogP contribution in [0.5, 0.6) is 0 Å². The number of nitrogens with zero attached hydrogens (tertiary/aromatic N) is 2. The Labute approximate surface area is 106 Å². The predicted octanol–water partition coefficient (Wildman–Crippen LogP) is 2.14. The highest BCUT2D eigenvalue weighted by molar-refractivity contribution is 5.95. The first kappa shape index (κ1) is 13.7. The van der Waals surface area contributed by atoms with Crippen molar-refractivity contribution < 1.29 is 14.3 Å². The Morgan fingerprint density at radius 3 is 2.94 bits per heavy atom. The Balaban J connectivity index is 2.74. The van der Waals surface area contributed by atoms with Crippen molar-refractivity contribution in [2.75, 3.05) is 6.61 Å². The van der Waals surface area contributed by atoms with Crippen LogP contribution in [0.25, 0.3) is 0 Å². The van der Waals surface area contributed by atoms with Crippen LogP contribution >= 0.6 is 0 Å². The Hall–Kier alpha value is -2.35. The number of amides is 1. The van der Waals surface area contributed by atoms with Crippen molar-refractivity contribution in [3.63, 3.8) is 0 Å². The van der Waals surface area contributed by atoms with E-state index in [1.54, 1.807) is 6.08 Å². The van der Waals surface area contributed by atoms with Gasteiger partial charge in [0.25, 0.3) is 0 Å². The van der Waals surface area contributed by atoms with E-state index in [1.165, 1.54) is 25.4 Å².